The van der Waals surface area contributed by atoms with Gasteiger partial charge in [0.2, 0.25) is 17.7 Å². The van der Waals surface area contributed by atoms with Crippen LogP contribution in [0.3, 0.4) is 0 Å². The predicted molar refractivity (Wildman–Crippen MR) is 126 cm³/mol. The molecule has 0 unspecified atom stereocenters. The van der Waals surface area contributed by atoms with Crippen LogP contribution in [0, 0.1) is 6.92 Å². The van der Waals surface area contributed by atoms with Gasteiger partial charge in [-0.1, -0.05) is 40.7 Å². The maximum atomic E-state index is 5.51. The van der Waals surface area contributed by atoms with E-state index in [1.165, 1.54) is 5.56 Å². The van der Waals surface area contributed by atoms with Crippen LogP contribution in [0.4, 0.5) is 5.95 Å². The number of benzene rings is 1. The highest BCUT2D eigenvalue weighted by Crippen LogP contribution is 2.28. The summed E-state index contributed by atoms with van der Waals surface area (Å²) >= 11 is 3.31. The highest BCUT2D eigenvalue weighted by Gasteiger charge is 2.21. The number of anilines is 1. The third-order valence-corrected chi connectivity index (χ3v) is 7.06. The Morgan fingerprint density at radius 3 is 2.72 bits per heavy atom. The van der Waals surface area contributed by atoms with E-state index in [9.17, 15) is 0 Å². The Morgan fingerprint density at radius 2 is 1.94 bits per heavy atom. The number of hydrogen-bond acceptors (Lipinski definition) is 9. The molecule has 4 aromatic rings. The van der Waals surface area contributed by atoms with Crippen LogP contribution in [0.25, 0.3) is 16.4 Å². The Morgan fingerprint density at radius 1 is 1.09 bits per heavy atom. The molecule has 0 atom stereocenters. The van der Waals surface area contributed by atoms with Gasteiger partial charge in [0.05, 0.1) is 23.8 Å². The lowest BCUT2D eigenvalue weighted by atomic mass is 10.2. The molecular weight excluding hydrogens is 444 g/mol. The minimum Gasteiger partial charge on any atom is -0.378 e. The van der Waals surface area contributed by atoms with E-state index in [1.54, 1.807) is 23.1 Å². The predicted octanol–water partition coefficient (Wildman–Crippen LogP) is 4.25. The fraction of sp³-hybridized carbons (Fsp3) is 0.364. The topological polar surface area (TPSA) is 82.1 Å². The monoisotopic (exact) mass is 468 g/mol. The van der Waals surface area contributed by atoms with E-state index in [2.05, 4.69) is 61.0 Å². The molecule has 5 rings (SSSR count). The number of aromatic nitrogens is 5. The summed E-state index contributed by atoms with van der Waals surface area (Å²) < 4.78 is 13.1. The van der Waals surface area contributed by atoms with Crippen molar-refractivity contribution < 1.29 is 9.26 Å². The molecule has 8 nitrogen and oxygen atoms in total. The zero-order valence-electron chi connectivity index (χ0n) is 17.8. The standard InChI is InChI=1S/C22H24N6O2S2/c1-16-6-8-17(9-7-16)28-21(27-10-12-29-13-11-27)24-25-22(28)32-15-3-5-19-23-20(26-30-19)18-4-2-14-31-18/h2,4,6-9,14H,3,5,10-13,15H2,1H3. The Balaban J connectivity index is 1.27. The van der Waals surface area contributed by atoms with Crippen molar-refractivity contribution in [1.82, 2.24) is 24.9 Å². The van der Waals surface area contributed by atoms with Gasteiger partial charge >= 0.3 is 0 Å². The van der Waals surface area contributed by atoms with Crippen molar-refractivity contribution in [2.45, 2.75) is 24.9 Å². The van der Waals surface area contributed by atoms with Crippen LogP contribution in [-0.2, 0) is 11.2 Å². The molecule has 1 saturated heterocycles. The Bertz CT molecular complexity index is 1130. The zero-order valence-corrected chi connectivity index (χ0v) is 19.4. The number of thioether (sulfide) groups is 1. The van der Waals surface area contributed by atoms with E-state index >= 15 is 0 Å². The lowest BCUT2D eigenvalue weighted by Crippen LogP contribution is -2.37. The first-order chi connectivity index (χ1) is 15.8. The number of hydrogen-bond donors (Lipinski definition) is 0. The Hall–Kier alpha value is -2.69. The molecule has 1 aliphatic rings. The Kier molecular flexibility index (Phi) is 6.51. The van der Waals surface area contributed by atoms with Crippen LogP contribution >= 0.6 is 23.1 Å². The molecule has 0 spiro atoms. The summed E-state index contributed by atoms with van der Waals surface area (Å²) in [6.07, 6.45) is 1.64. The van der Waals surface area contributed by atoms with Gasteiger partial charge in [0.25, 0.3) is 0 Å². The second kappa shape index (κ2) is 9.85. The molecule has 1 aromatic carbocycles. The molecule has 0 radical (unpaired) electrons. The minimum atomic E-state index is 0.664. The number of nitrogens with zero attached hydrogens (tertiary/aromatic N) is 6. The molecule has 0 N–H and O–H groups in total. The summed E-state index contributed by atoms with van der Waals surface area (Å²) in [5.74, 6) is 3.08. The van der Waals surface area contributed by atoms with Gasteiger partial charge in [-0.2, -0.15) is 4.98 Å². The van der Waals surface area contributed by atoms with E-state index in [4.69, 9.17) is 9.26 Å². The summed E-state index contributed by atoms with van der Waals surface area (Å²) in [4.78, 5) is 7.77. The first-order valence-electron chi connectivity index (χ1n) is 10.6. The molecule has 166 valence electrons. The normalized spacial score (nSPS) is 14.2. The largest absolute Gasteiger partial charge is 0.378 e. The average Bonchev–Trinajstić information content (AvgIpc) is 3.59. The third-order valence-electron chi connectivity index (χ3n) is 5.18. The maximum absolute atomic E-state index is 5.51. The lowest BCUT2D eigenvalue weighted by Gasteiger charge is -2.28. The molecule has 10 heteroatoms. The first kappa shape index (κ1) is 21.2. The minimum absolute atomic E-state index is 0.664. The highest BCUT2D eigenvalue weighted by molar-refractivity contribution is 7.99. The zero-order chi connectivity index (χ0) is 21.8. The van der Waals surface area contributed by atoms with Crippen LogP contribution in [0.5, 0.6) is 0 Å². The molecule has 1 aliphatic heterocycles. The van der Waals surface area contributed by atoms with Gasteiger partial charge in [-0.3, -0.25) is 4.57 Å². The van der Waals surface area contributed by atoms with E-state index < -0.39 is 0 Å². The van der Waals surface area contributed by atoms with Gasteiger partial charge in [-0.15, -0.1) is 21.5 Å². The van der Waals surface area contributed by atoms with E-state index in [0.29, 0.717) is 24.9 Å². The summed E-state index contributed by atoms with van der Waals surface area (Å²) in [7, 11) is 0. The van der Waals surface area contributed by atoms with Crippen LogP contribution in [0.2, 0.25) is 0 Å². The molecule has 4 heterocycles. The highest BCUT2D eigenvalue weighted by atomic mass is 32.2. The maximum Gasteiger partial charge on any atom is 0.232 e. The smallest absolute Gasteiger partial charge is 0.232 e. The molecular formula is C22H24N6O2S2. The van der Waals surface area contributed by atoms with Crippen molar-refractivity contribution >= 4 is 29.0 Å². The van der Waals surface area contributed by atoms with E-state index in [1.807, 2.05) is 17.5 Å². The number of thiophene rings is 1. The third kappa shape index (κ3) is 4.72. The lowest BCUT2D eigenvalue weighted by molar-refractivity contribution is 0.122. The van der Waals surface area contributed by atoms with Gasteiger partial charge in [0.1, 0.15) is 0 Å². The van der Waals surface area contributed by atoms with Crippen LogP contribution in [0.15, 0.2) is 51.5 Å². The van der Waals surface area contributed by atoms with Crippen molar-refractivity contribution in [2.24, 2.45) is 0 Å². The molecule has 3 aromatic heterocycles. The van der Waals surface area contributed by atoms with Crippen molar-refractivity contribution in [1.29, 1.82) is 0 Å². The molecule has 0 aliphatic carbocycles. The SMILES string of the molecule is Cc1ccc(-n2c(SCCCc3nc(-c4cccs4)no3)nnc2N2CCOCC2)cc1. The van der Waals surface area contributed by atoms with Crippen LogP contribution in [0.1, 0.15) is 17.9 Å². The quantitative estimate of drug-likeness (QED) is 0.280. The molecule has 1 fully saturated rings. The number of ether oxygens (including phenoxy) is 1. The van der Waals surface area contributed by atoms with Crippen molar-refractivity contribution in [3.05, 3.63) is 53.2 Å². The second-order valence-electron chi connectivity index (χ2n) is 7.49. The second-order valence-corrected chi connectivity index (χ2v) is 9.50. The van der Waals surface area contributed by atoms with Gasteiger partial charge in [-0.05, 0) is 36.9 Å². The summed E-state index contributed by atoms with van der Waals surface area (Å²) in [5, 5.41) is 16.0. The Labute approximate surface area is 194 Å². The van der Waals surface area contributed by atoms with Crippen LogP contribution < -0.4 is 4.90 Å². The van der Waals surface area contributed by atoms with Crippen molar-refractivity contribution in [3.8, 4) is 16.4 Å². The van der Waals surface area contributed by atoms with E-state index in [-0.39, 0.29) is 0 Å². The number of morpholine rings is 1. The molecule has 0 amide bonds. The van der Waals surface area contributed by atoms with E-state index in [0.717, 1.165) is 53.4 Å². The van der Waals surface area contributed by atoms with Crippen LogP contribution in [-0.4, -0.2) is 57.0 Å². The van der Waals surface area contributed by atoms with Gasteiger partial charge in [0.15, 0.2) is 5.16 Å². The molecule has 0 bridgehead atoms. The van der Waals surface area contributed by atoms with Gasteiger partial charge < -0.3 is 14.2 Å². The first-order valence-corrected chi connectivity index (χ1v) is 12.5. The summed E-state index contributed by atoms with van der Waals surface area (Å²) in [6, 6.07) is 12.5. The fourth-order valence-electron chi connectivity index (χ4n) is 3.49. The van der Waals surface area contributed by atoms with Gasteiger partial charge in [0, 0.05) is 25.3 Å². The fourth-order valence-corrected chi connectivity index (χ4v) is 5.03. The summed E-state index contributed by atoms with van der Waals surface area (Å²) in [5.41, 5.74) is 2.30. The summed E-state index contributed by atoms with van der Waals surface area (Å²) in [6.45, 7) is 5.15. The van der Waals surface area contributed by atoms with Crippen molar-refractivity contribution in [2.75, 3.05) is 37.0 Å². The molecule has 0 saturated carbocycles. The van der Waals surface area contributed by atoms with Crippen molar-refractivity contribution in [3.63, 3.8) is 0 Å². The number of aryl methyl sites for hydroxylation is 2. The molecule has 32 heavy (non-hydrogen) atoms. The van der Waals surface area contributed by atoms with Gasteiger partial charge in [-0.25, -0.2) is 0 Å². The average molecular weight is 469 g/mol. The number of rotatable bonds is 8.